The number of benzene rings is 2. The van der Waals surface area contributed by atoms with Gasteiger partial charge in [0.2, 0.25) is 5.91 Å². The van der Waals surface area contributed by atoms with Crippen LogP contribution in [0.1, 0.15) is 37.7 Å². The van der Waals surface area contributed by atoms with Crippen molar-refractivity contribution in [1.29, 1.82) is 0 Å². The number of para-hydroxylation sites is 2. The van der Waals surface area contributed by atoms with Crippen molar-refractivity contribution in [3.8, 4) is 0 Å². The van der Waals surface area contributed by atoms with Crippen LogP contribution < -0.4 is 5.32 Å². The Morgan fingerprint density at radius 3 is 2.53 bits per heavy atom. The molecule has 2 fully saturated rings. The van der Waals surface area contributed by atoms with Crippen LogP contribution in [0.3, 0.4) is 0 Å². The first-order valence-corrected chi connectivity index (χ1v) is 12.6. The third-order valence-corrected chi connectivity index (χ3v) is 7.42. The minimum Gasteiger partial charge on any atom is -0.337 e. The number of imide groups is 1. The van der Waals surface area contributed by atoms with Crippen molar-refractivity contribution in [2.45, 2.75) is 38.6 Å². The van der Waals surface area contributed by atoms with Gasteiger partial charge in [-0.15, -0.1) is 0 Å². The number of carbonyl (C=O) groups is 3. The first-order chi connectivity index (χ1) is 16.6. The third kappa shape index (κ3) is 4.80. The molecule has 1 N–H and O–H groups in total. The molecule has 0 spiro atoms. The SMILES string of the molecule is O=C(Cn1cc(/C=C2/SC(=O)N(CC3CCCCC3)C2=O)c2ccccc21)Nc1ccccc1. The molecule has 0 radical (unpaired) electrons. The molecule has 174 valence electrons. The van der Waals surface area contributed by atoms with E-state index >= 15 is 0 Å². The van der Waals surface area contributed by atoms with Gasteiger partial charge in [-0.3, -0.25) is 19.3 Å². The average molecular weight is 474 g/mol. The van der Waals surface area contributed by atoms with Gasteiger partial charge in [-0.2, -0.15) is 0 Å². The van der Waals surface area contributed by atoms with Crippen molar-refractivity contribution in [2.24, 2.45) is 5.92 Å². The lowest BCUT2D eigenvalue weighted by Gasteiger charge is -2.25. The number of nitrogens with zero attached hydrogens (tertiary/aromatic N) is 2. The maximum atomic E-state index is 13.1. The van der Waals surface area contributed by atoms with Crippen molar-refractivity contribution in [3.63, 3.8) is 0 Å². The second-order valence-corrected chi connectivity index (χ2v) is 9.93. The number of amides is 3. The number of thioether (sulfide) groups is 1. The first-order valence-electron chi connectivity index (χ1n) is 11.8. The van der Waals surface area contributed by atoms with Gasteiger partial charge < -0.3 is 9.88 Å². The highest BCUT2D eigenvalue weighted by Crippen LogP contribution is 2.36. The highest BCUT2D eigenvalue weighted by atomic mass is 32.2. The van der Waals surface area contributed by atoms with Crippen LogP contribution in [0.4, 0.5) is 10.5 Å². The van der Waals surface area contributed by atoms with E-state index in [4.69, 9.17) is 0 Å². The van der Waals surface area contributed by atoms with Gasteiger partial charge in [-0.05, 0) is 54.8 Å². The highest BCUT2D eigenvalue weighted by Gasteiger charge is 2.36. The van der Waals surface area contributed by atoms with Crippen LogP contribution in [0.2, 0.25) is 0 Å². The van der Waals surface area contributed by atoms with E-state index in [9.17, 15) is 14.4 Å². The predicted octanol–water partition coefficient (Wildman–Crippen LogP) is 5.90. The zero-order valence-corrected chi connectivity index (χ0v) is 19.7. The zero-order valence-electron chi connectivity index (χ0n) is 18.9. The lowest BCUT2D eigenvalue weighted by Crippen LogP contribution is -2.34. The van der Waals surface area contributed by atoms with Gasteiger partial charge in [-0.25, -0.2) is 0 Å². The van der Waals surface area contributed by atoms with Crippen LogP contribution >= 0.6 is 11.8 Å². The standard InChI is InChI=1S/C27H27N3O3S/c31-25(28-21-11-5-2-6-12-21)18-29-17-20(22-13-7-8-14-23(22)29)15-24-26(32)30(27(33)34-24)16-19-9-3-1-4-10-19/h2,5-8,11-15,17,19H,1,3-4,9-10,16,18H2,(H,28,31)/b24-15+. The summed E-state index contributed by atoms with van der Waals surface area (Å²) in [7, 11) is 0. The summed E-state index contributed by atoms with van der Waals surface area (Å²) >= 11 is 1.01. The molecule has 1 saturated carbocycles. The quantitative estimate of drug-likeness (QED) is 0.453. The van der Waals surface area contributed by atoms with Gasteiger partial charge in [-0.1, -0.05) is 55.7 Å². The lowest BCUT2D eigenvalue weighted by molar-refractivity contribution is -0.123. The molecule has 2 aromatic carbocycles. The van der Waals surface area contributed by atoms with E-state index in [1.54, 1.807) is 6.08 Å². The Morgan fingerprint density at radius 1 is 1.00 bits per heavy atom. The van der Waals surface area contributed by atoms with Gasteiger partial charge in [0.1, 0.15) is 6.54 Å². The van der Waals surface area contributed by atoms with E-state index in [1.807, 2.05) is 65.4 Å². The molecule has 7 heteroatoms. The number of aromatic nitrogens is 1. The maximum absolute atomic E-state index is 13.1. The number of nitrogens with one attached hydrogen (secondary N) is 1. The van der Waals surface area contributed by atoms with Crippen LogP contribution in [0.15, 0.2) is 65.7 Å². The van der Waals surface area contributed by atoms with Crippen LogP contribution in [-0.2, 0) is 16.1 Å². The monoisotopic (exact) mass is 473 g/mol. The van der Waals surface area contributed by atoms with Crippen LogP contribution in [0.25, 0.3) is 17.0 Å². The van der Waals surface area contributed by atoms with Gasteiger partial charge in [0.15, 0.2) is 0 Å². The molecule has 1 aliphatic carbocycles. The Kier molecular flexibility index (Phi) is 6.54. The van der Waals surface area contributed by atoms with Gasteiger partial charge in [0.05, 0.1) is 4.91 Å². The summed E-state index contributed by atoms with van der Waals surface area (Å²) in [4.78, 5) is 40.2. The molecule has 0 unspecified atom stereocenters. The lowest BCUT2D eigenvalue weighted by atomic mass is 9.89. The molecule has 1 saturated heterocycles. The van der Waals surface area contributed by atoms with E-state index in [1.165, 1.54) is 24.2 Å². The summed E-state index contributed by atoms with van der Waals surface area (Å²) in [6.07, 6.45) is 9.43. The normalized spacial score (nSPS) is 18.2. The summed E-state index contributed by atoms with van der Waals surface area (Å²) in [5, 5.41) is 3.66. The number of anilines is 1. The second kappa shape index (κ2) is 9.89. The minimum absolute atomic E-state index is 0.133. The van der Waals surface area contributed by atoms with E-state index in [0.29, 0.717) is 17.4 Å². The van der Waals surface area contributed by atoms with Crippen molar-refractivity contribution >= 4 is 51.5 Å². The van der Waals surface area contributed by atoms with Crippen molar-refractivity contribution in [1.82, 2.24) is 9.47 Å². The summed E-state index contributed by atoms with van der Waals surface area (Å²) in [5.41, 5.74) is 2.47. The van der Waals surface area contributed by atoms with Crippen molar-refractivity contribution in [2.75, 3.05) is 11.9 Å². The largest absolute Gasteiger partial charge is 0.337 e. The molecule has 6 nitrogen and oxygen atoms in total. The highest BCUT2D eigenvalue weighted by molar-refractivity contribution is 8.18. The van der Waals surface area contributed by atoms with E-state index in [2.05, 4.69) is 5.32 Å². The average Bonchev–Trinajstić information content (AvgIpc) is 3.32. The summed E-state index contributed by atoms with van der Waals surface area (Å²) in [6, 6.07) is 17.1. The maximum Gasteiger partial charge on any atom is 0.293 e. The molecule has 0 bridgehead atoms. The molecule has 5 rings (SSSR count). The number of hydrogen-bond donors (Lipinski definition) is 1. The Labute approximate surface area is 203 Å². The summed E-state index contributed by atoms with van der Waals surface area (Å²) in [5.74, 6) is 0.0668. The number of carbonyl (C=O) groups excluding carboxylic acids is 3. The van der Waals surface area contributed by atoms with E-state index < -0.39 is 0 Å². The fraction of sp³-hybridized carbons (Fsp3) is 0.296. The molecule has 34 heavy (non-hydrogen) atoms. The van der Waals surface area contributed by atoms with Crippen LogP contribution in [-0.4, -0.2) is 33.1 Å². The Balaban J connectivity index is 1.37. The fourth-order valence-electron chi connectivity index (χ4n) is 4.82. The Hall–Kier alpha value is -3.32. The fourth-order valence-corrected chi connectivity index (χ4v) is 5.66. The number of fused-ring (bicyclic) bond motifs is 1. The topological polar surface area (TPSA) is 71.4 Å². The third-order valence-electron chi connectivity index (χ3n) is 6.52. The molecule has 1 aromatic heterocycles. The zero-order chi connectivity index (χ0) is 23.5. The molecule has 0 atom stereocenters. The molecule has 2 aliphatic rings. The molecular formula is C27H27N3O3S. The molecule has 3 aromatic rings. The first kappa shape index (κ1) is 22.5. The smallest absolute Gasteiger partial charge is 0.293 e. The van der Waals surface area contributed by atoms with Gasteiger partial charge >= 0.3 is 0 Å². The molecule has 1 aliphatic heterocycles. The molecule has 2 heterocycles. The number of rotatable bonds is 6. The van der Waals surface area contributed by atoms with Crippen molar-refractivity contribution < 1.29 is 14.4 Å². The predicted molar refractivity (Wildman–Crippen MR) is 136 cm³/mol. The summed E-state index contributed by atoms with van der Waals surface area (Å²) < 4.78 is 1.88. The molecular weight excluding hydrogens is 446 g/mol. The van der Waals surface area contributed by atoms with Crippen LogP contribution in [0.5, 0.6) is 0 Å². The Morgan fingerprint density at radius 2 is 1.74 bits per heavy atom. The Bertz CT molecular complexity index is 1260. The van der Waals surface area contributed by atoms with E-state index in [0.717, 1.165) is 46.8 Å². The molecule has 3 amide bonds. The van der Waals surface area contributed by atoms with Crippen molar-refractivity contribution in [3.05, 3.63) is 71.3 Å². The summed E-state index contributed by atoms with van der Waals surface area (Å²) in [6.45, 7) is 0.663. The van der Waals surface area contributed by atoms with Gasteiger partial charge in [0, 0.05) is 34.9 Å². The number of hydrogen-bond acceptors (Lipinski definition) is 4. The van der Waals surface area contributed by atoms with Gasteiger partial charge in [0.25, 0.3) is 11.1 Å². The van der Waals surface area contributed by atoms with E-state index in [-0.39, 0.29) is 23.6 Å². The second-order valence-electron chi connectivity index (χ2n) is 8.94. The van der Waals surface area contributed by atoms with Crippen LogP contribution in [0, 0.1) is 5.92 Å². The minimum atomic E-state index is -0.209.